The number of carbonyl (C=O) groups is 1. The minimum atomic E-state index is -4.57. The fourth-order valence-corrected chi connectivity index (χ4v) is 2.85. The highest BCUT2D eigenvalue weighted by Crippen LogP contribution is 2.30. The molecule has 0 aliphatic carbocycles. The Bertz CT molecular complexity index is 924. The first-order valence-corrected chi connectivity index (χ1v) is 8.89. The van der Waals surface area contributed by atoms with Gasteiger partial charge in [0.05, 0.1) is 0 Å². The first-order valence-electron chi connectivity index (χ1n) is 8.89. The lowest BCUT2D eigenvalue weighted by Crippen LogP contribution is -2.37. The Kier molecular flexibility index (Phi) is 6.13. The molecule has 0 saturated carbocycles. The van der Waals surface area contributed by atoms with E-state index in [1.54, 1.807) is 6.07 Å². The lowest BCUT2D eigenvalue weighted by Gasteiger charge is -2.11. The summed E-state index contributed by atoms with van der Waals surface area (Å²) in [6.07, 6.45) is -2.12. The number of imidazole rings is 1. The molecule has 0 radical (unpaired) electrons. The third-order valence-corrected chi connectivity index (χ3v) is 4.14. The Morgan fingerprint density at radius 1 is 1.04 bits per heavy atom. The molecule has 2 amide bonds. The lowest BCUT2D eigenvalue weighted by molar-refractivity contribution is -0.147. The topological polar surface area (TPSA) is 71.8 Å². The average molecular weight is 391 g/mol. The third-order valence-electron chi connectivity index (χ3n) is 4.14. The Labute approximate surface area is 159 Å². The molecule has 28 heavy (non-hydrogen) atoms. The van der Waals surface area contributed by atoms with E-state index in [2.05, 4.69) is 20.6 Å². The number of benzene rings is 1. The van der Waals surface area contributed by atoms with Crippen molar-refractivity contribution >= 4 is 17.2 Å². The fraction of sp³-hybridized carbons (Fsp3) is 0.316. The van der Waals surface area contributed by atoms with Crippen LogP contribution in [0.3, 0.4) is 0 Å². The number of hydrogen-bond acceptors (Lipinski definition) is 3. The van der Waals surface area contributed by atoms with Crippen molar-refractivity contribution in [2.75, 3.05) is 13.1 Å². The molecule has 0 bridgehead atoms. The number of fused-ring (bicyclic) bond motifs is 1. The first-order chi connectivity index (χ1) is 13.4. The Morgan fingerprint density at radius 2 is 1.79 bits per heavy atom. The summed E-state index contributed by atoms with van der Waals surface area (Å²) in [7, 11) is 0. The number of pyridine rings is 1. The Morgan fingerprint density at radius 3 is 2.54 bits per heavy atom. The maximum Gasteiger partial charge on any atom is 0.449 e. The molecular weight excluding hydrogens is 371 g/mol. The van der Waals surface area contributed by atoms with E-state index in [1.165, 1.54) is 12.3 Å². The van der Waals surface area contributed by atoms with Crippen molar-refractivity contribution in [3.63, 3.8) is 0 Å². The predicted octanol–water partition coefficient (Wildman–Crippen LogP) is 3.38. The van der Waals surface area contributed by atoms with Crippen LogP contribution in [0.1, 0.15) is 17.8 Å². The van der Waals surface area contributed by atoms with Gasteiger partial charge in [-0.3, -0.25) is 0 Å². The molecule has 0 atom stereocenters. The van der Waals surface area contributed by atoms with Gasteiger partial charge in [0.15, 0.2) is 5.65 Å². The number of urea groups is 1. The van der Waals surface area contributed by atoms with Gasteiger partial charge in [-0.2, -0.15) is 13.2 Å². The van der Waals surface area contributed by atoms with Crippen LogP contribution in [0.25, 0.3) is 11.2 Å². The number of nitrogens with zero attached hydrogens (tertiary/aromatic N) is 3. The number of rotatable bonds is 7. The van der Waals surface area contributed by atoms with Crippen LogP contribution in [0.15, 0.2) is 48.7 Å². The highest BCUT2D eigenvalue weighted by molar-refractivity contribution is 5.73. The third kappa shape index (κ3) is 4.99. The summed E-state index contributed by atoms with van der Waals surface area (Å²) in [6, 6.07) is 12.4. The average Bonchev–Trinajstić information content (AvgIpc) is 3.05. The summed E-state index contributed by atoms with van der Waals surface area (Å²) in [5, 5.41) is 5.38. The molecule has 2 N–H and O–H groups in total. The van der Waals surface area contributed by atoms with E-state index in [0.29, 0.717) is 19.4 Å². The molecule has 0 unspecified atom stereocenters. The number of carbonyl (C=O) groups excluding carboxylic acids is 1. The van der Waals surface area contributed by atoms with Crippen molar-refractivity contribution in [2.45, 2.75) is 25.6 Å². The number of nitrogens with one attached hydrogen (secondary N) is 2. The molecule has 2 heterocycles. The molecule has 148 valence electrons. The van der Waals surface area contributed by atoms with E-state index in [4.69, 9.17) is 0 Å². The standard InChI is InChI=1S/C19H20F3N5O/c20-19(21,22)17-26-15-8-4-10-23-16(15)27(17)13-5-11-24-18(28)25-12-9-14-6-2-1-3-7-14/h1-4,6-8,10H,5,9,11-13H2,(H2,24,25,28). The molecule has 0 aliphatic heterocycles. The highest BCUT2D eigenvalue weighted by atomic mass is 19.4. The molecule has 9 heteroatoms. The van der Waals surface area contributed by atoms with Gasteiger partial charge in [0.25, 0.3) is 0 Å². The van der Waals surface area contributed by atoms with Gasteiger partial charge in [0, 0.05) is 25.8 Å². The van der Waals surface area contributed by atoms with Gasteiger partial charge in [0.2, 0.25) is 5.82 Å². The summed E-state index contributed by atoms with van der Waals surface area (Å²) < 4.78 is 40.7. The van der Waals surface area contributed by atoms with Crippen LogP contribution < -0.4 is 10.6 Å². The van der Waals surface area contributed by atoms with E-state index in [1.807, 2.05) is 30.3 Å². The number of alkyl halides is 3. The van der Waals surface area contributed by atoms with E-state index >= 15 is 0 Å². The number of amides is 2. The molecule has 0 fully saturated rings. The van der Waals surface area contributed by atoms with Crippen LogP contribution in [-0.2, 0) is 19.1 Å². The van der Waals surface area contributed by atoms with Crippen LogP contribution in [0.4, 0.5) is 18.0 Å². The molecule has 3 rings (SSSR count). The number of aryl methyl sites for hydroxylation is 1. The molecule has 2 aromatic heterocycles. The van der Waals surface area contributed by atoms with Gasteiger partial charge in [-0.1, -0.05) is 30.3 Å². The highest BCUT2D eigenvalue weighted by Gasteiger charge is 2.37. The quantitative estimate of drug-likeness (QED) is 0.607. The van der Waals surface area contributed by atoms with Crippen molar-refractivity contribution < 1.29 is 18.0 Å². The predicted molar refractivity (Wildman–Crippen MR) is 98.7 cm³/mol. The largest absolute Gasteiger partial charge is 0.449 e. The van der Waals surface area contributed by atoms with E-state index in [0.717, 1.165) is 10.1 Å². The van der Waals surface area contributed by atoms with Crippen LogP contribution in [-0.4, -0.2) is 33.7 Å². The van der Waals surface area contributed by atoms with Crippen LogP contribution in [0.2, 0.25) is 0 Å². The van der Waals surface area contributed by atoms with Gasteiger partial charge in [-0.15, -0.1) is 0 Å². The zero-order valence-electron chi connectivity index (χ0n) is 15.0. The van der Waals surface area contributed by atoms with Gasteiger partial charge >= 0.3 is 12.2 Å². The van der Waals surface area contributed by atoms with E-state index < -0.39 is 12.0 Å². The van der Waals surface area contributed by atoms with Gasteiger partial charge in [0.1, 0.15) is 5.52 Å². The van der Waals surface area contributed by atoms with Crippen molar-refractivity contribution in [3.8, 4) is 0 Å². The summed E-state index contributed by atoms with van der Waals surface area (Å²) >= 11 is 0. The zero-order valence-corrected chi connectivity index (χ0v) is 15.0. The minimum absolute atomic E-state index is 0.0483. The molecule has 6 nitrogen and oxygen atoms in total. The Balaban J connectivity index is 1.48. The Hall–Kier alpha value is -3.10. The SMILES string of the molecule is O=C(NCCCn1c(C(F)(F)F)nc2cccnc21)NCCc1ccccc1. The van der Waals surface area contributed by atoms with Gasteiger partial charge in [-0.05, 0) is 30.5 Å². The fourth-order valence-electron chi connectivity index (χ4n) is 2.85. The molecule has 3 aromatic rings. The monoisotopic (exact) mass is 391 g/mol. The maximum absolute atomic E-state index is 13.2. The van der Waals surface area contributed by atoms with Crippen molar-refractivity contribution in [2.24, 2.45) is 0 Å². The minimum Gasteiger partial charge on any atom is -0.338 e. The normalized spacial score (nSPS) is 11.5. The van der Waals surface area contributed by atoms with E-state index in [-0.39, 0.29) is 30.3 Å². The second-order valence-electron chi connectivity index (χ2n) is 6.20. The summed E-state index contributed by atoms with van der Waals surface area (Å²) in [5.41, 5.74) is 1.49. The molecule has 0 saturated heterocycles. The number of aromatic nitrogens is 3. The van der Waals surface area contributed by atoms with Crippen molar-refractivity contribution in [1.82, 2.24) is 25.2 Å². The van der Waals surface area contributed by atoms with Crippen LogP contribution in [0, 0.1) is 0 Å². The number of halogens is 3. The first kappa shape index (κ1) is 19.7. The molecule has 0 spiro atoms. The smallest absolute Gasteiger partial charge is 0.338 e. The second-order valence-corrected chi connectivity index (χ2v) is 6.20. The van der Waals surface area contributed by atoms with Crippen LogP contribution in [0.5, 0.6) is 0 Å². The van der Waals surface area contributed by atoms with Gasteiger partial charge in [-0.25, -0.2) is 14.8 Å². The molecular formula is C19H20F3N5O. The van der Waals surface area contributed by atoms with Crippen molar-refractivity contribution in [3.05, 3.63) is 60.0 Å². The zero-order chi connectivity index (χ0) is 20.0. The maximum atomic E-state index is 13.2. The molecule has 1 aromatic carbocycles. The molecule has 0 aliphatic rings. The lowest BCUT2D eigenvalue weighted by atomic mass is 10.1. The summed E-state index contributed by atoms with van der Waals surface area (Å²) in [5.74, 6) is -0.978. The summed E-state index contributed by atoms with van der Waals surface area (Å²) in [6.45, 7) is 0.762. The van der Waals surface area contributed by atoms with Crippen LogP contribution >= 0.6 is 0 Å². The van der Waals surface area contributed by atoms with Crippen molar-refractivity contribution in [1.29, 1.82) is 0 Å². The second kappa shape index (κ2) is 8.73. The van der Waals surface area contributed by atoms with E-state index in [9.17, 15) is 18.0 Å². The summed E-state index contributed by atoms with van der Waals surface area (Å²) in [4.78, 5) is 19.4. The number of hydrogen-bond donors (Lipinski definition) is 2. The van der Waals surface area contributed by atoms with Gasteiger partial charge < -0.3 is 15.2 Å².